The van der Waals surface area contributed by atoms with E-state index in [9.17, 15) is 8.78 Å². The van der Waals surface area contributed by atoms with Crippen LogP contribution >= 0.6 is 0 Å². The Kier molecular flexibility index (Phi) is 3.03. The summed E-state index contributed by atoms with van der Waals surface area (Å²) in [4.78, 5) is 5.43. The Morgan fingerprint density at radius 3 is 2.57 bits per heavy atom. The molecule has 1 heterocycles. The Bertz CT molecular complexity index is 282. The van der Waals surface area contributed by atoms with Gasteiger partial charge in [0.15, 0.2) is 0 Å². The summed E-state index contributed by atoms with van der Waals surface area (Å²) in [5.41, 5.74) is 0.775. The SMILES string of the molecule is C=C(C)/C=N\C(=C)N1CCC(F)(F)C1. The molecule has 1 fully saturated rings. The lowest BCUT2D eigenvalue weighted by Crippen LogP contribution is -2.23. The van der Waals surface area contributed by atoms with Gasteiger partial charge in [0.2, 0.25) is 0 Å². The van der Waals surface area contributed by atoms with E-state index in [1.54, 1.807) is 6.92 Å². The molecule has 0 aromatic heterocycles. The standard InChI is InChI=1S/C10H14F2N2/c1-8(2)6-13-9(3)14-5-4-10(11,12)7-14/h6H,1,3-5,7H2,2H3/b13-6-. The predicted molar refractivity (Wildman–Crippen MR) is 53.6 cm³/mol. The van der Waals surface area contributed by atoms with Crippen LogP contribution < -0.4 is 0 Å². The summed E-state index contributed by atoms with van der Waals surface area (Å²) in [5.74, 6) is -2.22. The van der Waals surface area contributed by atoms with E-state index in [0.717, 1.165) is 5.57 Å². The molecule has 1 saturated heterocycles. The van der Waals surface area contributed by atoms with Crippen LogP contribution in [-0.4, -0.2) is 30.1 Å². The lowest BCUT2D eigenvalue weighted by atomic mass is 10.3. The largest absolute Gasteiger partial charge is 0.351 e. The highest BCUT2D eigenvalue weighted by Gasteiger charge is 2.38. The second kappa shape index (κ2) is 3.90. The van der Waals surface area contributed by atoms with E-state index in [0.29, 0.717) is 12.4 Å². The van der Waals surface area contributed by atoms with Crippen molar-refractivity contribution in [1.29, 1.82) is 0 Å². The van der Waals surface area contributed by atoms with Gasteiger partial charge in [0.25, 0.3) is 5.92 Å². The van der Waals surface area contributed by atoms with Gasteiger partial charge in [-0.25, -0.2) is 13.8 Å². The van der Waals surface area contributed by atoms with E-state index in [-0.39, 0.29) is 13.0 Å². The van der Waals surface area contributed by atoms with Gasteiger partial charge in [-0.1, -0.05) is 13.2 Å². The maximum Gasteiger partial charge on any atom is 0.266 e. The highest BCUT2D eigenvalue weighted by Crippen LogP contribution is 2.28. The summed E-state index contributed by atoms with van der Waals surface area (Å²) in [6.45, 7) is 9.08. The van der Waals surface area contributed by atoms with Crippen molar-refractivity contribution in [3.05, 3.63) is 24.6 Å². The molecule has 1 aliphatic heterocycles. The first-order valence-corrected chi connectivity index (χ1v) is 4.42. The van der Waals surface area contributed by atoms with Crippen LogP contribution in [0.15, 0.2) is 29.5 Å². The number of nitrogens with zero attached hydrogens (tertiary/aromatic N) is 2. The van der Waals surface area contributed by atoms with Crippen molar-refractivity contribution < 1.29 is 8.78 Å². The second-order valence-electron chi connectivity index (χ2n) is 3.55. The van der Waals surface area contributed by atoms with Crippen LogP contribution in [0.1, 0.15) is 13.3 Å². The quantitative estimate of drug-likeness (QED) is 0.639. The molecule has 2 nitrogen and oxygen atoms in total. The van der Waals surface area contributed by atoms with Gasteiger partial charge in [-0.05, 0) is 12.5 Å². The molecule has 0 N–H and O–H groups in total. The van der Waals surface area contributed by atoms with Crippen LogP contribution in [0.3, 0.4) is 0 Å². The van der Waals surface area contributed by atoms with Crippen LogP contribution in [0.5, 0.6) is 0 Å². The fraction of sp³-hybridized carbons (Fsp3) is 0.500. The fourth-order valence-corrected chi connectivity index (χ4v) is 1.22. The lowest BCUT2D eigenvalue weighted by molar-refractivity contribution is 0.0151. The van der Waals surface area contributed by atoms with Crippen LogP contribution in [0.25, 0.3) is 0 Å². The third kappa shape index (κ3) is 2.94. The van der Waals surface area contributed by atoms with Crippen molar-refractivity contribution in [2.45, 2.75) is 19.3 Å². The molecule has 0 aliphatic carbocycles. The van der Waals surface area contributed by atoms with Crippen LogP contribution in [0.2, 0.25) is 0 Å². The third-order valence-electron chi connectivity index (χ3n) is 1.97. The Balaban J connectivity index is 2.52. The zero-order valence-electron chi connectivity index (χ0n) is 8.26. The number of aliphatic imine (C=N–C) groups is 1. The Morgan fingerprint density at radius 1 is 1.50 bits per heavy atom. The van der Waals surface area contributed by atoms with Crippen LogP contribution in [0.4, 0.5) is 8.78 Å². The number of rotatable bonds is 3. The number of hydrogen-bond donors (Lipinski definition) is 0. The van der Waals surface area contributed by atoms with Crippen molar-refractivity contribution in [2.24, 2.45) is 4.99 Å². The molecule has 0 bridgehead atoms. The molecule has 14 heavy (non-hydrogen) atoms. The number of alkyl halides is 2. The minimum Gasteiger partial charge on any atom is -0.351 e. The number of allylic oxidation sites excluding steroid dienone is 1. The molecule has 0 radical (unpaired) electrons. The van der Waals surface area contributed by atoms with Crippen LogP contribution in [-0.2, 0) is 0 Å². The topological polar surface area (TPSA) is 15.6 Å². The van der Waals surface area contributed by atoms with E-state index >= 15 is 0 Å². The maximum absolute atomic E-state index is 12.8. The predicted octanol–water partition coefficient (Wildman–Crippen LogP) is 2.45. The molecular formula is C10H14F2N2. The Labute approximate surface area is 82.6 Å². The summed E-state index contributed by atoms with van der Waals surface area (Å²) in [6.07, 6.45) is 1.41. The molecule has 0 saturated carbocycles. The second-order valence-corrected chi connectivity index (χ2v) is 3.55. The van der Waals surface area contributed by atoms with Gasteiger partial charge in [-0.2, -0.15) is 0 Å². The van der Waals surface area contributed by atoms with Gasteiger partial charge in [0.05, 0.1) is 6.54 Å². The summed E-state index contributed by atoms with van der Waals surface area (Å²) < 4.78 is 25.6. The maximum atomic E-state index is 12.8. The van der Waals surface area contributed by atoms with Gasteiger partial charge < -0.3 is 4.90 Å². The highest BCUT2D eigenvalue weighted by molar-refractivity contribution is 5.77. The molecule has 1 rings (SSSR count). The van der Waals surface area contributed by atoms with E-state index in [1.165, 1.54) is 11.1 Å². The minimum atomic E-state index is -2.60. The van der Waals surface area contributed by atoms with Gasteiger partial charge in [0, 0.05) is 19.2 Å². The van der Waals surface area contributed by atoms with E-state index < -0.39 is 5.92 Å². The average molecular weight is 200 g/mol. The molecule has 0 unspecified atom stereocenters. The molecule has 0 spiro atoms. The first kappa shape index (κ1) is 10.9. The van der Waals surface area contributed by atoms with Gasteiger partial charge in [-0.15, -0.1) is 0 Å². The van der Waals surface area contributed by atoms with Crippen molar-refractivity contribution in [2.75, 3.05) is 13.1 Å². The Hall–Kier alpha value is -1.19. The average Bonchev–Trinajstić information content (AvgIpc) is 2.41. The van der Waals surface area contributed by atoms with Crippen molar-refractivity contribution in [3.8, 4) is 0 Å². The van der Waals surface area contributed by atoms with Crippen molar-refractivity contribution in [3.63, 3.8) is 0 Å². The summed E-state index contributed by atoms with van der Waals surface area (Å²) >= 11 is 0. The fourth-order valence-electron chi connectivity index (χ4n) is 1.22. The molecule has 78 valence electrons. The van der Waals surface area contributed by atoms with Crippen LogP contribution in [0, 0.1) is 0 Å². The lowest BCUT2D eigenvalue weighted by Gasteiger charge is -2.16. The molecule has 0 aromatic carbocycles. The zero-order chi connectivity index (χ0) is 10.8. The molecule has 1 aliphatic rings. The number of halogens is 2. The van der Waals surface area contributed by atoms with E-state index in [2.05, 4.69) is 18.2 Å². The monoisotopic (exact) mass is 200 g/mol. The summed E-state index contributed by atoms with van der Waals surface area (Å²) in [5, 5.41) is 0. The Morgan fingerprint density at radius 2 is 2.14 bits per heavy atom. The number of likely N-dealkylation sites (tertiary alicyclic amines) is 1. The van der Waals surface area contributed by atoms with Gasteiger partial charge >= 0.3 is 0 Å². The normalized spacial score (nSPS) is 20.4. The molecule has 0 amide bonds. The molecule has 0 atom stereocenters. The summed E-state index contributed by atoms with van der Waals surface area (Å²) in [6, 6.07) is 0. The highest BCUT2D eigenvalue weighted by atomic mass is 19.3. The van der Waals surface area contributed by atoms with E-state index in [1.807, 2.05) is 0 Å². The summed E-state index contributed by atoms with van der Waals surface area (Å²) in [7, 11) is 0. The third-order valence-corrected chi connectivity index (χ3v) is 1.97. The van der Waals surface area contributed by atoms with Crippen molar-refractivity contribution >= 4 is 6.21 Å². The first-order valence-electron chi connectivity index (χ1n) is 4.42. The van der Waals surface area contributed by atoms with Crippen molar-refractivity contribution in [1.82, 2.24) is 4.90 Å². The van der Waals surface area contributed by atoms with Gasteiger partial charge in [-0.3, -0.25) is 0 Å². The first-order chi connectivity index (χ1) is 6.41. The smallest absolute Gasteiger partial charge is 0.266 e. The minimum absolute atomic E-state index is 0.116. The molecule has 4 heteroatoms. The van der Waals surface area contributed by atoms with Gasteiger partial charge in [0.1, 0.15) is 5.82 Å². The molecular weight excluding hydrogens is 186 g/mol. The van der Waals surface area contributed by atoms with E-state index in [4.69, 9.17) is 0 Å². The number of hydrogen-bond acceptors (Lipinski definition) is 2. The molecule has 0 aromatic rings. The zero-order valence-corrected chi connectivity index (χ0v) is 8.26.